The van der Waals surface area contributed by atoms with Crippen molar-refractivity contribution in [3.63, 3.8) is 0 Å². The molecule has 0 amide bonds. The zero-order valence-electron chi connectivity index (χ0n) is 13.9. The summed E-state index contributed by atoms with van der Waals surface area (Å²) < 4.78 is 6.30. The third kappa shape index (κ3) is 3.51. The fraction of sp³-hybridized carbons (Fsp3) is 0.625. The summed E-state index contributed by atoms with van der Waals surface area (Å²) in [6.45, 7) is 7.13. The average molecular weight is 387 g/mol. The monoisotopic (exact) mass is 386 g/mol. The van der Waals surface area contributed by atoms with Crippen molar-refractivity contribution in [2.45, 2.75) is 45.3 Å². The van der Waals surface area contributed by atoms with Gasteiger partial charge in [-0.3, -0.25) is 4.98 Å². The molecule has 128 valence electrons. The van der Waals surface area contributed by atoms with Gasteiger partial charge in [0.2, 0.25) is 0 Å². The van der Waals surface area contributed by atoms with Gasteiger partial charge in [-0.25, -0.2) is 4.79 Å². The molecule has 6 nitrogen and oxygen atoms in total. The number of methoxy groups -OCH3 is 1. The van der Waals surface area contributed by atoms with Crippen LogP contribution in [0.1, 0.15) is 42.8 Å². The lowest BCUT2D eigenvalue weighted by molar-refractivity contribution is -0.147. The fourth-order valence-electron chi connectivity index (χ4n) is 2.99. The molecular formula is C16H23BrN2O4. The van der Waals surface area contributed by atoms with E-state index in [0.717, 1.165) is 41.8 Å². The highest BCUT2D eigenvalue weighted by molar-refractivity contribution is 9.10. The number of carbonyl (C=O) groups is 1. The van der Waals surface area contributed by atoms with Crippen LogP contribution in [0.15, 0.2) is 4.47 Å². The number of aliphatic hydroxyl groups is 1. The molecule has 7 heteroatoms. The van der Waals surface area contributed by atoms with Gasteiger partial charge in [0.15, 0.2) is 6.10 Å². The quantitative estimate of drug-likeness (QED) is 0.827. The predicted octanol–water partition coefficient (Wildman–Crippen LogP) is 2.58. The molecule has 2 heterocycles. The molecule has 1 aliphatic heterocycles. The van der Waals surface area contributed by atoms with Gasteiger partial charge >= 0.3 is 5.97 Å². The van der Waals surface area contributed by atoms with Gasteiger partial charge < -0.3 is 19.8 Å². The van der Waals surface area contributed by atoms with Crippen LogP contribution in [0.5, 0.6) is 0 Å². The summed E-state index contributed by atoms with van der Waals surface area (Å²) in [5.74, 6) is -1.27. The maximum atomic E-state index is 11.3. The van der Waals surface area contributed by atoms with Crippen molar-refractivity contribution in [3.05, 3.63) is 21.4 Å². The topological polar surface area (TPSA) is 82.9 Å². The van der Waals surface area contributed by atoms with E-state index in [1.165, 1.54) is 0 Å². The minimum absolute atomic E-state index is 0.161. The van der Waals surface area contributed by atoms with Crippen molar-refractivity contribution in [2.75, 3.05) is 25.1 Å². The summed E-state index contributed by atoms with van der Waals surface area (Å²) in [4.78, 5) is 17.8. The largest absolute Gasteiger partial charge is 0.479 e. The van der Waals surface area contributed by atoms with Crippen molar-refractivity contribution in [1.82, 2.24) is 4.98 Å². The van der Waals surface area contributed by atoms with Gasteiger partial charge in [0.25, 0.3) is 0 Å². The molecule has 1 aliphatic rings. The van der Waals surface area contributed by atoms with Crippen molar-refractivity contribution in [2.24, 2.45) is 0 Å². The maximum Gasteiger partial charge on any atom is 0.337 e. The second-order valence-corrected chi connectivity index (χ2v) is 7.03. The Balaban J connectivity index is 2.47. The smallest absolute Gasteiger partial charge is 0.337 e. The number of carboxylic acid groups (broad SMARTS) is 1. The van der Waals surface area contributed by atoms with Crippen molar-refractivity contribution in [1.29, 1.82) is 0 Å². The summed E-state index contributed by atoms with van der Waals surface area (Å²) >= 11 is 3.52. The number of anilines is 1. The van der Waals surface area contributed by atoms with Crippen LogP contribution in [0.3, 0.4) is 0 Å². The molecule has 23 heavy (non-hydrogen) atoms. The van der Waals surface area contributed by atoms with E-state index in [9.17, 15) is 15.0 Å². The zero-order chi connectivity index (χ0) is 17.4. The molecule has 2 rings (SSSR count). The Labute approximate surface area is 144 Å². The SMILES string of the molecule is COC1(C)CCN(c2c(Br)c(C)nc(C)c2C(O)C(=O)O)CC1. The number of aliphatic carboxylic acids is 1. The highest BCUT2D eigenvalue weighted by atomic mass is 79.9. The number of halogens is 1. The van der Waals surface area contributed by atoms with Crippen molar-refractivity contribution >= 4 is 27.6 Å². The number of nitrogens with zero attached hydrogens (tertiary/aromatic N) is 2. The first-order chi connectivity index (χ1) is 10.7. The highest BCUT2D eigenvalue weighted by Gasteiger charge is 2.34. The van der Waals surface area contributed by atoms with Crippen LogP contribution in [0, 0.1) is 13.8 Å². The van der Waals surface area contributed by atoms with Crippen LogP contribution in [-0.4, -0.2) is 47.0 Å². The van der Waals surface area contributed by atoms with Gasteiger partial charge in [0.1, 0.15) is 0 Å². The number of aryl methyl sites for hydroxylation is 2. The lowest BCUT2D eigenvalue weighted by atomic mass is 9.92. The van der Waals surface area contributed by atoms with Gasteiger partial charge in [-0.15, -0.1) is 0 Å². The number of ether oxygens (including phenoxy) is 1. The Hall–Kier alpha value is -1.18. The van der Waals surface area contributed by atoms with Gasteiger partial charge in [-0.05, 0) is 49.5 Å². The summed E-state index contributed by atoms with van der Waals surface area (Å²) in [7, 11) is 1.71. The Morgan fingerprint density at radius 2 is 1.91 bits per heavy atom. The average Bonchev–Trinajstić information content (AvgIpc) is 2.51. The molecule has 0 bridgehead atoms. The number of aromatic nitrogens is 1. The number of carboxylic acids is 1. The lowest BCUT2D eigenvalue weighted by Gasteiger charge is -2.41. The van der Waals surface area contributed by atoms with E-state index in [0.29, 0.717) is 11.3 Å². The highest BCUT2D eigenvalue weighted by Crippen LogP contribution is 2.40. The number of pyridine rings is 1. The number of aliphatic hydroxyl groups excluding tert-OH is 1. The number of piperidine rings is 1. The molecule has 1 aromatic rings. The molecule has 0 aliphatic carbocycles. The number of rotatable bonds is 4. The molecule has 1 fully saturated rings. The summed E-state index contributed by atoms with van der Waals surface area (Å²) in [6.07, 6.45) is 0.0721. The Morgan fingerprint density at radius 3 is 2.39 bits per heavy atom. The molecule has 0 spiro atoms. The minimum atomic E-state index is -1.59. The van der Waals surface area contributed by atoms with E-state index < -0.39 is 12.1 Å². The van der Waals surface area contributed by atoms with Gasteiger partial charge in [0, 0.05) is 31.5 Å². The molecule has 1 unspecified atom stereocenters. The molecule has 1 saturated heterocycles. The molecule has 1 aromatic heterocycles. The normalized spacial score (nSPS) is 18.8. The first-order valence-electron chi connectivity index (χ1n) is 7.58. The standard InChI is InChI=1S/C16H23BrN2O4/c1-9-11(14(20)15(21)22)13(12(17)10(2)18-9)19-7-5-16(3,23-4)6-8-19/h14,20H,5-8H2,1-4H3,(H,21,22). The van der Waals surface area contributed by atoms with Crippen LogP contribution < -0.4 is 4.90 Å². The van der Waals surface area contributed by atoms with E-state index in [1.807, 2.05) is 6.92 Å². The van der Waals surface area contributed by atoms with Crippen LogP contribution in [0.4, 0.5) is 5.69 Å². The lowest BCUT2D eigenvalue weighted by Crippen LogP contribution is -2.44. The molecule has 0 radical (unpaired) electrons. The third-order valence-corrected chi connectivity index (χ3v) is 5.59. The molecule has 2 N–H and O–H groups in total. The zero-order valence-corrected chi connectivity index (χ0v) is 15.5. The Morgan fingerprint density at radius 1 is 1.35 bits per heavy atom. The summed E-state index contributed by atoms with van der Waals surface area (Å²) in [5.41, 5.74) is 2.24. The molecule has 0 aromatic carbocycles. The van der Waals surface area contributed by atoms with E-state index >= 15 is 0 Å². The first kappa shape index (κ1) is 18.2. The first-order valence-corrected chi connectivity index (χ1v) is 8.37. The van der Waals surface area contributed by atoms with E-state index in [-0.39, 0.29) is 5.60 Å². The van der Waals surface area contributed by atoms with Gasteiger partial charge in [0.05, 0.1) is 21.5 Å². The third-order valence-electron chi connectivity index (χ3n) is 4.64. The summed E-state index contributed by atoms with van der Waals surface area (Å²) in [5, 5.41) is 19.4. The van der Waals surface area contributed by atoms with Crippen molar-refractivity contribution in [3.8, 4) is 0 Å². The summed E-state index contributed by atoms with van der Waals surface area (Å²) in [6, 6.07) is 0. The van der Waals surface area contributed by atoms with E-state index in [4.69, 9.17) is 4.74 Å². The molecular weight excluding hydrogens is 364 g/mol. The number of hydrogen-bond donors (Lipinski definition) is 2. The van der Waals surface area contributed by atoms with Crippen LogP contribution in [0.25, 0.3) is 0 Å². The maximum absolute atomic E-state index is 11.3. The van der Waals surface area contributed by atoms with Crippen LogP contribution in [-0.2, 0) is 9.53 Å². The number of hydrogen-bond acceptors (Lipinski definition) is 5. The van der Waals surface area contributed by atoms with Gasteiger partial charge in [-0.1, -0.05) is 0 Å². The Kier molecular flexibility index (Phi) is 5.33. The molecule has 1 atom stereocenters. The second kappa shape index (κ2) is 6.75. The molecule has 0 saturated carbocycles. The van der Waals surface area contributed by atoms with Crippen LogP contribution in [0.2, 0.25) is 0 Å². The van der Waals surface area contributed by atoms with Crippen LogP contribution >= 0.6 is 15.9 Å². The van der Waals surface area contributed by atoms with E-state index in [1.54, 1.807) is 14.0 Å². The van der Waals surface area contributed by atoms with E-state index in [2.05, 4.69) is 32.7 Å². The van der Waals surface area contributed by atoms with Crippen molar-refractivity contribution < 1.29 is 19.7 Å². The Bertz CT molecular complexity index is 613. The fourth-order valence-corrected chi connectivity index (χ4v) is 3.54. The predicted molar refractivity (Wildman–Crippen MR) is 90.9 cm³/mol. The second-order valence-electron chi connectivity index (χ2n) is 6.24. The van der Waals surface area contributed by atoms with Gasteiger partial charge in [-0.2, -0.15) is 0 Å². The minimum Gasteiger partial charge on any atom is -0.479 e.